The molecule has 1 fully saturated rings. The van der Waals surface area contributed by atoms with Crippen LogP contribution in [0, 0.1) is 11.7 Å². The van der Waals surface area contributed by atoms with Crippen molar-refractivity contribution in [2.24, 2.45) is 5.92 Å². The minimum absolute atomic E-state index is 0.0589. The number of amides is 1. The summed E-state index contributed by atoms with van der Waals surface area (Å²) in [5.74, 6) is 0.690. The Kier molecular flexibility index (Phi) is 6.15. The maximum atomic E-state index is 14.3. The maximum absolute atomic E-state index is 14.3. The number of ether oxygens (including phenoxy) is 1. The fourth-order valence-electron chi connectivity index (χ4n) is 5.57. The van der Waals surface area contributed by atoms with Crippen LogP contribution in [-0.2, 0) is 4.79 Å². The molecule has 3 N–H and O–H groups in total. The Labute approximate surface area is 234 Å². The average Bonchev–Trinajstić information content (AvgIpc) is 3.76. The number of carbonyl (C=O) groups excluding carboxylic acids is 1. The van der Waals surface area contributed by atoms with Gasteiger partial charge in [0, 0.05) is 40.9 Å². The summed E-state index contributed by atoms with van der Waals surface area (Å²) < 4.78 is 19.5. The van der Waals surface area contributed by atoms with Crippen LogP contribution >= 0.6 is 0 Å². The highest BCUT2D eigenvalue weighted by atomic mass is 19.1. The highest BCUT2D eigenvalue weighted by molar-refractivity contribution is 5.98. The number of pyridine rings is 2. The highest BCUT2D eigenvalue weighted by Crippen LogP contribution is 2.34. The lowest BCUT2D eigenvalue weighted by molar-refractivity contribution is -0.119. The van der Waals surface area contributed by atoms with Crippen LogP contribution in [0.3, 0.4) is 0 Å². The number of methoxy groups -OCH3 is 1. The van der Waals surface area contributed by atoms with E-state index in [0.717, 1.165) is 53.3 Å². The average molecular weight is 548 g/mol. The predicted molar refractivity (Wildman–Crippen MR) is 155 cm³/mol. The number of nitrogens with one attached hydrogen (secondary N) is 3. The van der Waals surface area contributed by atoms with Gasteiger partial charge < -0.3 is 15.0 Å². The zero-order chi connectivity index (χ0) is 27.9. The van der Waals surface area contributed by atoms with Gasteiger partial charge in [0.15, 0.2) is 11.5 Å². The molecule has 0 bridgehead atoms. The summed E-state index contributed by atoms with van der Waals surface area (Å²) in [5.41, 5.74) is 6.48. The van der Waals surface area contributed by atoms with Crippen LogP contribution in [0.2, 0.25) is 0 Å². The second kappa shape index (κ2) is 10.1. The lowest BCUT2D eigenvalue weighted by Gasteiger charge is -2.11. The van der Waals surface area contributed by atoms with E-state index in [1.807, 2.05) is 30.3 Å². The number of rotatable bonds is 6. The van der Waals surface area contributed by atoms with Gasteiger partial charge in [-0.1, -0.05) is 18.9 Å². The number of halogens is 1. The van der Waals surface area contributed by atoms with E-state index >= 15 is 0 Å². The van der Waals surface area contributed by atoms with Crippen LogP contribution in [0.15, 0.2) is 67.1 Å². The molecule has 0 saturated heterocycles. The van der Waals surface area contributed by atoms with Crippen LogP contribution in [0.4, 0.5) is 10.1 Å². The first-order valence-corrected chi connectivity index (χ1v) is 13.5. The van der Waals surface area contributed by atoms with Crippen LogP contribution in [0.5, 0.6) is 5.75 Å². The summed E-state index contributed by atoms with van der Waals surface area (Å²) in [6, 6.07) is 14.3. The number of anilines is 1. The quantitative estimate of drug-likeness (QED) is 0.219. The molecule has 204 valence electrons. The van der Waals surface area contributed by atoms with Crippen LogP contribution in [-0.4, -0.2) is 43.2 Å². The van der Waals surface area contributed by atoms with E-state index in [9.17, 15) is 9.18 Å². The lowest BCUT2D eigenvalue weighted by Crippen LogP contribution is -2.20. The Balaban J connectivity index is 1.25. The molecule has 7 rings (SSSR count). The molecule has 0 aliphatic heterocycles. The van der Waals surface area contributed by atoms with Crippen molar-refractivity contribution in [1.29, 1.82) is 0 Å². The van der Waals surface area contributed by atoms with E-state index in [4.69, 9.17) is 9.72 Å². The van der Waals surface area contributed by atoms with Crippen molar-refractivity contribution in [3.8, 4) is 39.5 Å². The zero-order valence-electron chi connectivity index (χ0n) is 22.2. The smallest absolute Gasteiger partial charge is 0.227 e. The maximum Gasteiger partial charge on any atom is 0.227 e. The molecule has 10 heteroatoms. The number of aromatic nitrogens is 6. The standard InChI is InChI=1S/C31H26FN7O2/c1-41-23-12-19(10-21(32)14-23)24-8-9-34-29-27(24)36-30(37-29)28-25-13-18(6-7-26(25)38-39-28)20-11-22(16-33-15-20)35-31(40)17-4-2-3-5-17/h6-17H,2-5H2,1H3,(H,35,40)(H,38,39)(H,34,36,37). The number of benzene rings is 2. The van der Waals surface area contributed by atoms with Gasteiger partial charge in [0.05, 0.1) is 30.0 Å². The van der Waals surface area contributed by atoms with E-state index < -0.39 is 5.82 Å². The van der Waals surface area contributed by atoms with E-state index in [-0.39, 0.29) is 11.8 Å². The van der Waals surface area contributed by atoms with Gasteiger partial charge in [-0.25, -0.2) is 14.4 Å². The summed E-state index contributed by atoms with van der Waals surface area (Å²) in [4.78, 5) is 29.5. The molecule has 4 aromatic heterocycles. The molecule has 4 heterocycles. The molecule has 6 aromatic rings. The van der Waals surface area contributed by atoms with Gasteiger partial charge in [-0.2, -0.15) is 5.10 Å². The molecule has 2 aromatic carbocycles. The summed E-state index contributed by atoms with van der Waals surface area (Å²) in [7, 11) is 1.50. The Morgan fingerprint density at radius 1 is 1.02 bits per heavy atom. The van der Waals surface area contributed by atoms with Crippen molar-refractivity contribution < 1.29 is 13.9 Å². The van der Waals surface area contributed by atoms with Gasteiger partial charge in [-0.3, -0.25) is 14.9 Å². The van der Waals surface area contributed by atoms with E-state index in [1.165, 1.54) is 19.2 Å². The fourth-order valence-corrected chi connectivity index (χ4v) is 5.57. The fraction of sp³-hybridized carbons (Fsp3) is 0.194. The molecule has 1 saturated carbocycles. The largest absolute Gasteiger partial charge is 0.497 e. The van der Waals surface area contributed by atoms with Gasteiger partial charge in [0.2, 0.25) is 5.91 Å². The third-order valence-electron chi connectivity index (χ3n) is 7.66. The topological polar surface area (TPSA) is 121 Å². The number of hydrogen-bond donors (Lipinski definition) is 3. The Morgan fingerprint density at radius 2 is 1.90 bits per heavy atom. The molecule has 1 aliphatic rings. The number of hydrogen-bond acceptors (Lipinski definition) is 6. The van der Waals surface area contributed by atoms with Crippen molar-refractivity contribution in [2.75, 3.05) is 12.4 Å². The predicted octanol–water partition coefficient (Wildman–Crippen LogP) is 6.51. The van der Waals surface area contributed by atoms with Crippen molar-refractivity contribution in [3.05, 3.63) is 72.9 Å². The third kappa shape index (κ3) is 4.67. The summed E-state index contributed by atoms with van der Waals surface area (Å²) in [5, 5.41) is 11.5. The molecular weight excluding hydrogens is 521 g/mol. The normalized spacial score (nSPS) is 13.7. The second-order valence-corrected chi connectivity index (χ2v) is 10.3. The van der Waals surface area contributed by atoms with Gasteiger partial charge in [-0.05, 0) is 60.4 Å². The van der Waals surface area contributed by atoms with Gasteiger partial charge in [-0.15, -0.1) is 0 Å². The van der Waals surface area contributed by atoms with Crippen LogP contribution in [0.25, 0.3) is 55.8 Å². The van der Waals surface area contributed by atoms with Gasteiger partial charge in [0.1, 0.15) is 17.3 Å². The SMILES string of the molecule is COc1cc(F)cc(-c2ccnc3nc(-c4n[nH]c5ccc(-c6cncc(NC(=O)C7CCCC7)c6)cc45)[nH]c23)c1. The van der Waals surface area contributed by atoms with Crippen molar-refractivity contribution in [3.63, 3.8) is 0 Å². The van der Waals surface area contributed by atoms with Gasteiger partial charge in [0.25, 0.3) is 0 Å². The molecule has 1 amide bonds. The molecule has 0 unspecified atom stereocenters. The number of fused-ring (bicyclic) bond motifs is 2. The number of imidazole rings is 1. The number of carbonyl (C=O) groups is 1. The Morgan fingerprint density at radius 3 is 2.76 bits per heavy atom. The number of nitrogens with zero attached hydrogens (tertiary/aromatic N) is 4. The van der Waals surface area contributed by atoms with Crippen LogP contribution in [0.1, 0.15) is 25.7 Å². The molecule has 0 spiro atoms. The lowest BCUT2D eigenvalue weighted by atomic mass is 10.0. The molecule has 9 nitrogen and oxygen atoms in total. The van der Waals surface area contributed by atoms with Crippen molar-refractivity contribution in [1.82, 2.24) is 30.1 Å². The van der Waals surface area contributed by atoms with Gasteiger partial charge >= 0.3 is 0 Å². The second-order valence-electron chi connectivity index (χ2n) is 10.3. The monoisotopic (exact) mass is 547 g/mol. The van der Waals surface area contributed by atoms with E-state index in [0.29, 0.717) is 39.7 Å². The van der Waals surface area contributed by atoms with Crippen molar-refractivity contribution >= 4 is 33.7 Å². The van der Waals surface area contributed by atoms with E-state index in [1.54, 1.807) is 24.7 Å². The number of aromatic amines is 2. The van der Waals surface area contributed by atoms with E-state index in [2.05, 4.69) is 30.5 Å². The first-order chi connectivity index (χ1) is 20.1. The first kappa shape index (κ1) is 24.9. The number of H-pyrrole nitrogens is 2. The Hall–Kier alpha value is -5.12. The Bertz CT molecular complexity index is 1920. The summed E-state index contributed by atoms with van der Waals surface area (Å²) in [6.07, 6.45) is 9.17. The summed E-state index contributed by atoms with van der Waals surface area (Å²) in [6.45, 7) is 0. The first-order valence-electron chi connectivity index (χ1n) is 13.5. The molecule has 41 heavy (non-hydrogen) atoms. The minimum atomic E-state index is -0.397. The third-order valence-corrected chi connectivity index (χ3v) is 7.66. The summed E-state index contributed by atoms with van der Waals surface area (Å²) >= 11 is 0. The van der Waals surface area contributed by atoms with Crippen LogP contribution < -0.4 is 10.1 Å². The zero-order valence-corrected chi connectivity index (χ0v) is 22.2. The molecular formula is C31H26FN7O2. The molecule has 0 radical (unpaired) electrons. The highest BCUT2D eigenvalue weighted by Gasteiger charge is 2.23. The molecule has 0 atom stereocenters. The molecule has 1 aliphatic carbocycles. The minimum Gasteiger partial charge on any atom is -0.497 e. The van der Waals surface area contributed by atoms with Crippen molar-refractivity contribution in [2.45, 2.75) is 25.7 Å².